The molecule has 1 amide bonds. The minimum absolute atomic E-state index is 0.00220. The Morgan fingerprint density at radius 2 is 1.89 bits per heavy atom. The highest BCUT2D eigenvalue weighted by Gasteiger charge is 2.28. The van der Waals surface area contributed by atoms with Crippen LogP contribution in [0.3, 0.4) is 0 Å². The van der Waals surface area contributed by atoms with Crippen molar-refractivity contribution in [3.8, 4) is 5.75 Å². The fraction of sp³-hybridized carbons (Fsp3) is 0.278. The third-order valence-corrected chi connectivity index (χ3v) is 3.60. The van der Waals surface area contributed by atoms with Crippen LogP contribution in [0.1, 0.15) is 37.7 Å². The summed E-state index contributed by atoms with van der Waals surface area (Å²) in [6.07, 6.45) is -4.47. The largest absolute Gasteiger partial charge is 0.484 e. The predicted octanol–water partition coefficient (Wildman–Crippen LogP) is 3.27. The van der Waals surface area contributed by atoms with Crippen molar-refractivity contribution in [2.45, 2.75) is 26.6 Å². The van der Waals surface area contributed by atoms with Crippen molar-refractivity contribution >= 4 is 11.9 Å². The lowest BCUT2D eigenvalue weighted by Crippen LogP contribution is -2.25. The molecule has 1 aromatic heterocycles. The first-order valence-electron chi connectivity index (χ1n) is 7.85. The van der Waals surface area contributed by atoms with E-state index in [1.807, 2.05) is 0 Å². The van der Waals surface area contributed by atoms with Crippen LogP contribution < -0.4 is 10.1 Å². The van der Waals surface area contributed by atoms with Gasteiger partial charge in [-0.2, -0.15) is 13.2 Å². The molecule has 1 aromatic carbocycles. The quantitative estimate of drug-likeness (QED) is 0.801. The van der Waals surface area contributed by atoms with Gasteiger partial charge in [0.25, 0.3) is 5.91 Å². The van der Waals surface area contributed by atoms with E-state index < -0.39 is 24.7 Å². The van der Waals surface area contributed by atoms with Crippen molar-refractivity contribution in [1.82, 2.24) is 10.3 Å². The fourth-order valence-electron chi connectivity index (χ4n) is 2.28. The van der Waals surface area contributed by atoms with Gasteiger partial charge in [-0.25, -0.2) is 9.78 Å². The summed E-state index contributed by atoms with van der Waals surface area (Å²) in [5.74, 6) is -1.71. The van der Waals surface area contributed by atoms with E-state index in [2.05, 4.69) is 10.3 Å². The Kier molecular flexibility index (Phi) is 6.04. The van der Waals surface area contributed by atoms with E-state index >= 15 is 0 Å². The number of ether oxygens (including phenoxy) is 1. The first-order valence-corrected chi connectivity index (χ1v) is 7.85. The number of carbonyl (C=O) groups is 2. The van der Waals surface area contributed by atoms with Gasteiger partial charge in [-0.15, -0.1) is 0 Å². The number of benzene rings is 1. The number of carboxylic acid groups (broad SMARTS) is 1. The number of nitrogens with one attached hydrogen (secondary N) is 1. The average molecular weight is 382 g/mol. The smallest absolute Gasteiger partial charge is 0.422 e. The standard InChI is InChI=1S/C18H17F3N2O4/c1-10-3-4-12(15(7-10)27-9-18(19,20)21)8-22-16(24)14-6-5-13(17(25)26)11(2)23-14/h3-7H,8-9H2,1-2H3,(H,22,24)(H,25,26). The van der Waals surface area contributed by atoms with E-state index in [-0.39, 0.29) is 29.2 Å². The molecular formula is C18H17F3N2O4. The van der Waals surface area contributed by atoms with Gasteiger partial charge >= 0.3 is 12.1 Å². The maximum absolute atomic E-state index is 12.4. The molecule has 0 unspecified atom stereocenters. The lowest BCUT2D eigenvalue weighted by molar-refractivity contribution is -0.153. The highest BCUT2D eigenvalue weighted by molar-refractivity contribution is 5.94. The molecule has 0 bridgehead atoms. The number of hydrogen-bond donors (Lipinski definition) is 2. The molecule has 0 aliphatic heterocycles. The van der Waals surface area contributed by atoms with E-state index in [1.165, 1.54) is 25.1 Å². The highest BCUT2D eigenvalue weighted by Crippen LogP contribution is 2.23. The van der Waals surface area contributed by atoms with Gasteiger partial charge in [0, 0.05) is 12.1 Å². The second kappa shape index (κ2) is 8.07. The van der Waals surface area contributed by atoms with Crippen molar-refractivity contribution in [3.05, 3.63) is 58.4 Å². The van der Waals surface area contributed by atoms with Gasteiger partial charge in [0.2, 0.25) is 0 Å². The summed E-state index contributed by atoms with van der Waals surface area (Å²) in [4.78, 5) is 27.1. The topological polar surface area (TPSA) is 88.5 Å². The summed E-state index contributed by atoms with van der Waals surface area (Å²) < 4.78 is 42.0. The lowest BCUT2D eigenvalue weighted by atomic mass is 10.1. The van der Waals surface area contributed by atoms with Crippen LogP contribution in [0.5, 0.6) is 5.75 Å². The van der Waals surface area contributed by atoms with E-state index in [0.29, 0.717) is 11.1 Å². The maximum atomic E-state index is 12.4. The van der Waals surface area contributed by atoms with Gasteiger partial charge in [0.1, 0.15) is 11.4 Å². The molecule has 0 fully saturated rings. The Balaban J connectivity index is 2.10. The molecule has 0 atom stereocenters. The molecule has 9 heteroatoms. The average Bonchev–Trinajstić information content (AvgIpc) is 2.57. The Labute approximate surface area is 153 Å². The zero-order chi connectivity index (χ0) is 20.2. The van der Waals surface area contributed by atoms with Crippen LogP contribution in [0.15, 0.2) is 30.3 Å². The molecule has 2 rings (SSSR count). The van der Waals surface area contributed by atoms with Gasteiger partial charge in [0.15, 0.2) is 6.61 Å². The Bertz CT molecular complexity index is 866. The second-order valence-corrected chi connectivity index (χ2v) is 5.83. The predicted molar refractivity (Wildman–Crippen MR) is 89.8 cm³/mol. The van der Waals surface area contributed by atoms with Crippen molar-refractivity contribution < 1.29 is 32.6 Å². The number of nitrogens with zero attached hydrogens (tertiary/aromatic N) is 1. The summed E-state index contributed by atoms with van der Waals surface area (Å²) in [7, 11) is 0. The number of aryl methyl sites for hydroxylation is 2. The number of pyridine rings is 1. The van der Waals surface area contributed by atoms with Gasteiger partial charge < -0.3 is 15.2 Å². The number of aromatic nitrogens is 1. The van der Waals surface area contributed by atoms with Gasteiger partial charge in [-0.1, -0.05) is 12.1 Å². The number of aromatic carboxylic acids is 1. The van der Waals surface area contributed by atoms with Gasteiger partial charge in [0.05, 0.1) is 11.3 Å². The molecule has 0 radical (unpaired) electrons. The second-order valence-electron chi connectivity index (χ2n) is 5.83. The number of hydrogen-bond acceptors (Lipinski definition) is 4. The molecule has 0 aliphatic carbocycles. The number of carbonyl (C=O) groups excluding carboxylic acids is 1. The zero-order valence-electron chi connectivity index (χ0n) is 14.6. The first kappa shape index (κ1) is 20.2. The van der Waals surface area contributed by atoms with Crippen LogP contribution in [0.2, 0.25) is 0 Å². The summed E-state index contributed by atoms with van der Waals surface area (Å²) >= 11 is 0. The van der Waals surface area contributed by atoms with Crippen LogP contribution in [0.4, 0.5) is 13.2 Å². The maximum Gasteiger partial charge on any atom is 0.422 e. The summed E-state index contributed by atoms with van der Waals surface area (Å²) in [6.45, 7) is 1.66. The van der Waals surface area contributed by atoms with Crippen molar-refractivity contribution in [2.75, 3.05) is 6.61 Å². The molecule has 2 aromatic rings. The Hall–Kier alpha value is -3.10. The monoisotopic (exact) mass is 382 g/mol. The summed E-state index contributed by atoms with van der Waals surface area (Å²) in [5, 5.41) is 11.5. The Morgan fingerprint density at radius 1 is 1.19 bits per heavy atom. The van der Waals surface area contributed by atoms with Crippen molar-refractivity contribution in [3.63, 3.8) is 0 Å². The van der Waals surface area contributed by atoms with Crippen LogP contribution in [0, 0.1) is 13.8 Å². The minimum Gasteiger partial charge on any atom is -0.484 e. The Morgan fingerprint density at radius 3 is 2.48 bits per heavy atom. The van der Waals surface area contributed by atoms with Gasteiger partial charge in [-0.3, -0.25) is 4.79 Å². The van der Waals surface area contributed by atoms with E-state index in [1.54, 1.807) is 19.1 Å². The third-order valence-electron chi connectivity index (χ3n) is 3.60. The molecule has 27 heavy (non-hydrogen) atoms. The van der Waals surface area contributed by atoms with Crippen LogP contribution in [-0.4, -0.2) is 34.8 Å². The molecular weight excluding hydrogens is 365 g/mol. The summed E-state index contributed by atoms with van der Waals surface area (Å²) in [6, 6.07) is 7.24. The lowest BCUT2D eigenvalue weighted by Gasteiger charge is -2.14. The van der Waals surface area contributed by atoms with Crippen molar-refractivity contribution in [1.29, 1.82) is 0 Å². The van der Waals surface area contributed by atoms with E-state index in [0.717, 1.165) is 0 Å². The SMILES string of the molecule is Cc1ccc(CNC(=O)c2ccc(C(=O)O)c(C)n2)c(OCC(F)(F)F)c1. The fourth-order valence-corrected chi connectivity index (χ4v) is 2.28. The molecule has 6 nitrogen and oxygen atoms in total. The van der Waals surface area contributed by atoms with Crippen LogP contribution in [0.25, 0.3) is 0 Å². The minimum atomic E-state index is -4.47. The van der Waals surface area contributed by atoms with Crippen LogP contribution >= 0.6 is 0 Å². The zero-order valence-corrected chi connectivity index (χ0v) is 14.6. The summed E-state index contributed by atoms with van der Waals surface area (Å²) in [5.41, 5.74) is 1.25. The number of rotatable bonds is 6. The number of carboxylic acids is 1. The highest BCUT2D eigenvalue weighted by atomic mass is 19.4. The molecule has 2 N–H and O–H groups in total. The normalized spacial score (nSPS) is 11.1. The number of amides is 1. The van der Waals surface area contributed by atoms with Crippen LogP contribution in [-0.2, 0) is 6.54 Å². The molecule has 0 saturated carbocycles. The third kappa shape index (κ3) is 5.70. The number of halogens is 3. The van der Waals surface area contributed by atoms with Crippen molar-refractivity contribution in [2.24, 2.45) is 0 Å². The molecule has 0 aliphatic rings. The van der Waals surface area contributed by atoms with E-state index in [4.69, 9.17) is 9.84 Å². The van der Waals surface area contributed by atoms with E-state index in [9.17, 15) is 22.8 Å². The first-order chi connectivity index (χ1) is 12.6. The molecule has 0 spiro atoms. The molecule has 0 saturated heterocycles. The number of alkyl halides is 3. The van der Waals surface area contributed by atoms with Gasteiger partial charge in [-0.05, 0) is 37.6 Å². The molecule has 1 heterocycles. The molecule has 144 valence electrons.